The van der Waals surface area contributed by atoms with Crippen LogP contribution in [0.3, 0.4) is 0 Å². The van der Waals surface area contributed by atoms with Crippen molar-refractivity contribution < 1.29 is 0 Å². The Morgan fingerprint density at radius 2 is 1.39 bits per heavy atom. The van der Waals surface area contributed by atoms with E-state index in [2.05, 4.69) is 37.2 Å². The van der Waals surface area contributed by atoms with Crippen molar-refractivity contribution in [3.8, 4) is 11.5 Å². The molecule has 0 saturated heterocycles. The number of hydrogen-bond acceptors (Lipinski definition) is 0. The molecule has 1 rings (SSSR count). The van der Waals surface area contributed by atoms with Crippen LogP contribution in [0.15, 0.2) is 11.6 Å². The Hall–Kier alpha value is -0.483. The van der Waals surface area contributed by atoms with Gasteiger partial charge in [-0.2, -0.15) is 0 Å². The minimum atomic E-state index is -1.21. The smallest absolute Gasteiger partial charge is 0.127 e. The van der Waals surface area contributed by atoms with E-state index in [4.69, 9.17) is 0 Å². The Morgan fingerprint density at radius 1 is 0.833 bits per heavy atom. The molecule has 0 aromatic heterocycles. The molecule has 0 atom stereocenters. The van der Waals surface area contributed by atoms with Crippen molar-refractivity contribution in [2.75, 3.05) is 0 Å². The van der Waals surface area contributed by atoms with E-state index in [1.165, 1.54) is 69.8 Å². The molecule has 0 N–H and O–H groups in total. The van der Waals surface area contributed by atoms with Crippen LogP contribution < -0.4 is 0 Å². The summed E-state index contributed by atoms with van der Waals surface area (Å²) in [5.41, 5.74) is 4.95. The Bertz CT molecular complexity index is 309. The molecule has 1 aliphatic rings. The fraction of sp³-hybridized carbons (Fsp3) is 0.765. The fourth-order valence-electron chi connectivity index (χ4n) is 2.28. The molecule has 0 unspecified atom stereocenters. The van der Waals surface area contributed by atoms with Crippen molar-refractivity contribution in [3.05, 3.63) is 11.6 Å². The molecule has 102 valence electrons. The van der Waals surface area contributed by atoms with E-state index < -0.39 is 8.07 Å². The summed E-state index contributed by atoms with van der Waals surface area (Å²) in [6, 6.07) is 0. The SMILES string of the molecule is C[Si](C)(C)C#C/C1=C/CCCCCCCCCC1. The zero-order chi connectivity index (χ0) is 13.3. The zero-order valence-corrected chi connectivity index (χ0v) is 13.6. The van der Waals surface area contributed by atoms with Gasteiger partial charge in [-0.15, -0.1) is 5.54 Å². The second kappa shape index (κ2) is 8.59. The van der Waals surface area contributed by atoms with Crippen molar-refractivity contribution >= 4 is 8.07 Å². The van der Waals surface area contributed by atoms with Gasteiger partial charge in [0.1, 0.15) is 8.07 Å². The Kier molecular flexibility index (Phi) is 7.43. The average molecular weight is 263 g/mol. The van der Waals surface area contributed by atoms with Crippen LogP contribution in [0.4, 0.5) is 0 Å². The van der Waals surface area contributed by atoms with E-state index in [0.29, 0.717) is 0 Å². The number of rotatable bonds is 0. The molecule has 0 spiro atoms. The van der Waals surface area contributed by atoms with Crippen molar-refractivity contribution in [2.24, 2.45) is 0 Å². The molecule has 0 aliphatic heterocycles. The summed E-state index contributed by atoms with van der Waals surface area (Å²) >= 11 is 0. The summed E-state index contributed by atoms with van der Waals surface area (Å²) < 4.78 is 0. The molecule has 0 radical (unpaired) electrons. The van der Waals surface area contributed by atoms with Gasteiger partial charge in [0, 0.05) is 0 Å². The Balaban J connectivity index is 2.55. The van der Waals surface area contributed by atoms with E-state index in [-0.39, 0.29) is 0 Å². The highest BCUT2D eigenvalue weighted by molar-refractivity contribution is 6.83. The molecule has 0 aromatic rings. The van der Waals surface area contributed by atoms with Crippen LogP contribution in [0.1, 0.15) is 64.2 Å². The van der Waals surface area contributed by atoms with Gasteiger partial charge >= 0.3 is 0 Å². The van der Waals surface area contributed by atoms with Gasteiger partial charge in [-0.3, -0.25) is 0 Å². The molecule has 0 fully saturated rings. The van der Waals surface area contributed by atoms with Gasteiger partial charge in [-0.1, -0.05) is 70.2 Å². The molecular formula is C17H30Si. The van der Waals surface area contributed by atoms with E-state index in [1.807, 2.05) is 0 Å². The summed E-state index contributed by atoms with van der Waals surface area (Å²) in [5.74, 6) is 3.49. The summed E-state index contributed by atoms with van der Waals surface area (Å²) in [7, 11) is -1.21. The minimum absolute atomic E-state index is 1.21. The van der Waals surface area contributed by atoms with Crippen LogP contribution in [0.5, 0.6) is 0 Å². The third-order valence-corrected chi connectivity index (χ3v) is 4.26. The summed E-state index contributed by atoms with van der Waals surface area (Å²) in [6.45, 7) is 6.99. The van der Waals surface area contributed by atoms with E-state index in [1.54, 1.807) is 0 Å². The molecular weight excluding hydrogens is 232 g/mol. The maximum absolute atomic E-state index is 3.52. The highest BCUT2D eigenvalue weighted by Crippen LogP contribution is 2.16. The first-order chi connectivity index (χ1) is 8.58. The summed E-state index contributed by atoms with van der Waals surface area (Å²) in [4.78, 5) is 0. The molecule has 1 aliphatic carbocycles. The van der Waals surface area contributed by atoms with Gasteiger partial charge in [-0.05, 0) is 31.3 Å². The zero-order valence-electron chi connectivity index (χ0n) is 12.6. The summed E-state index contributed by atoms with van der Waals surface area (Å²) in [6.07, 6.45) is 16.1. The van der Waals surface area contributed by atoms with Crippen LogP contribution in [0.2, 0.25) is 19.6 Å². The molecule has 0 amide bonds. The lowest BCUT2D eigenvalue weighted by Crippen LogP contribution is -2.16. The lowest BCUT2D eigenvalue weighted by Gasteiger charge is -2.07. The van der Waals surface area contributed by atoms with Gasteiger partial charge in [0.05, 0.1) is 0 Å². The van der Waals surface area contributed by atoms with E-state index in [0.717, 1.165) is 0 Å². The van der Waals surface area contributed by atoms with Gasteiger partial charge in [-0.25, -0.2) is 0 Å². The Morgan fingerprint density at radius 3 is 2.00 bits per heavy atom. The third-order valence-electron chi connectivity index (χ3n) is 3.39. The largest absolute Gasteiger partial charge is 0.129 e. The highest BCUT2D eigenvalue weighted by Gasteiger charge is 2.07. The van der Waals surface area contributed by atoms with Crippen molar-refractivity contribution in [1.29, 1.82) is 0 Å². The minimum Gasteiger partial charge on any atom is -0.127 e. The van der Waals surface area contributed by atoms with Crippen LogP contribution in [0.25, 0.3) is 0 Å². The Labute approximate surface area is 115 Å². The first-order valence-electron chi connectivity index (χ1n) is 7.80. The second-order valence-corrected chi connectivity index (χ2v) is 11.3. The maximum Gasteiger partial charge on any atom is 0.129 e. The number of allylic oxidation sites excluding steroid dienone is 2. The second-order valence-electron chi connectivity index (χ2n) is 6.60. The van der Waals surface area contributed by atoms with Gasteiger partial charge in [0.25, 0.3) is 0 Å². The quantitative estimate of drug-likeness (QED) is 0.387. The fourth-order valence-corrected chi connectivity index (χ4v) is 2.82. The molecule has 0 saturated carbocycles. The van der Waals surface area contributed by atoms with Gasteiger partial charge in [0.15, 0.2) is 0 Å². The predicted octanol–water partition coefficient (Wildman–Crippen LogP) is 5.71. The molecule has 0 heterocycles. The standard InChI is InChI=1S/C17H30Si/c1-18(2,3)16-15-17-13-11-9-7-5-4-6-8-10-12-14-17/h13H,4-12,14H2,1-3H3/b17-13+. The van der Waals surface area contributed by atoms with E-state index >= 15 is 0 Å². The van der Waals surface area contributed by atoms with Crippen LogP contribution >= 0.6 is 0 Å². The molecule has 0 nitrogen and oxygen atoms in total. The van der Waals surface area contributed by atoms with Crippen molar-refractivity contribution in [3.63, 3.8) is 0 Å². The first-order valence-corrected chi connectivity index (χ1v) is 11.3. The molecule has 1 heteroatoms. The van der Waals surface area contributed by atoms with E-state index in [9.17, 15) is 0 Å². The lowest BCUT2D eigenvalue weighted by atomic mass is 10.0. The predicted molar refractivity (Wildman–Crippen MR) is 85.4 cm³/mol. The van der Waals surface area contributed by atoms with Gasteiger partial charge < -0.3 is 0 Å². The van der Waals surface area contributed by atoms with Gasteiger partial charge in [0.2, 0.25) is 0 Å². The third kappa shape index (κ3) is 8.58. The normalized spacial score (nSPS) is 22.7. The van der Waals surface area contributed by atoms with Crippen molar-refractivity contribution in [2.45, 2.75) is 83.8 Å². The molecule has 0 bridgehead atoms. The topological polar surface area (TPSA) is 0 Å². The maximum atomic E-state index is 3.52. The van der Waals surface area contributed by atoms with Crippen LogP contribution in [-0.4, -0.2) is 8.07 Å². The summed E-state index contributed by atoms with van der Waals surface area (Å²) in [5, 5.41) is 0. The average Bonchev–Trinajstić information content (AvgIpc) is 2.27. The molecule has 18 heavy (non-hydrogen) atoms. The lowest BCUT2D eigenvalue weighted by molar-refractivity contribution is 0.564. The highest BCUT2D eigenvalue weighted by atomic mass is 28.3. The molecule has 0 aromatic carbocycles. The monoisotopic (exact) mass is 262 g/mol. The number of hydrogen-bond donors (Lipinski definition) is 0. The van der Waals surface area contributed by atoms with Crippen LogP contribution in [-0.2, 0) is 0 Å². The van der Waals surface area contributed by atoms with Crippen LogP contribution in [0, 0.1) is 11.5 Å². The first kappa shape index (κ1) is 15.6. The van der Waals surface area contributed by atoms with Crippen molar-refractivity contribution in [1.82, 2.24) is 0 Å².